The minimum atomic E-state index is 0.0676. The van der Waals surface area contributed by atoms with Crippen molar-refractivity contribution in [1.82, 2.24) is 5.32 Å². The first-order valence-corrected chi connectivity index (χ1v) is 5.57. The molecule has 0 radical (unpaired) electrons. The Labute approximate surface area is 91.7 Å². The smallest absolute Gasteiger partial charge is 0.216 e. The minimum Gasteiger partial charge on any atom is -0.356 e. The Balaban J connectivity index is 2.00. The molecule has 1 N–H and O–H groups in total. The van der Waals surface area contributed by atoms with Crippen molar-refractivity contribution in [3.63, 3.8) is 0 Å². The molecule has 0 fully saturated rings. The molecule has 0 bridgehead atoms. The number of unbranched alkanes of at least 4 members (excludes halogenated alkanes) is 2. The zero-order valence-electron chi connectivity index (χ0n) is 9.33. The van der Waals surface area contributed by atoms with Crippen LogP contribution in [0.5, 0.6) is 0 Å². The molecule has 0 aromatic heterocycles. The van der Waals surface area contributed by atoms with Gasteiger partial charge in [0, 0.05) is 13.5 Å². The summed E-state index contributed by atoms with van der Waals surface area (Å²) in [6.07, 6.45) is 4.59. The topological polar surface area (TPSA) is 29.1 Å². The zero-order valence-corrected chi connectivity index (χ0v) is 9.33. The molecule has 15 heavy (non-hydrogen) atoms. The Bertz CT molecular complexity index is 282. The van der Waals surface area contributed by atoms with Gasteiger partial charge in [-0.3, -0.25) is 4.79 Å². The predicted molar refractivity (Wildman–Crippen MR) is 62.7 cm³/mol. The summed E-state index contributed by atoms with van der Waals surface area (Å²) in [4.78, 5) is 10.6. The van der Waals surface area contributed by atoms with Crippen molar-refractivity contribution >= 4 is 5.91 Å². The lowest BCUT2D eigenvalue weighted by molar-refractivity contribution is -0.118. The summed E-state index contributed by atoms with van der Waals surface area (Å²) in [5.41, 5.74) is 1.40. The second-order valence-corrected chi connectivity index (χ2v) is 3.78. The van der Waals surface area contributed by atoms with Crippen molar-refractivity contribution in [3.8, 4) is 0 Å². The SMILES string of the molecule is CC(=O)NCCCCCc1ccccc1. The first kappa shape index (κ1) is 11.8. The Morgan fingerprint density at radius 1 is 1.13 bits per heavy atom. The van der Waals surface area contributed by atoms with Crippen LogP contribution in [0.25, 0.3) is 0 Å². The van der Waals surface area contributed by atoms with E-state index in [1.807, 2.05) is 6.07 Å². The first-order chi connectivity index (χ1) is 7.29. The lowest BCUT2D eigenvalue weighted by Gasteiger charge is -2.02. The van der Waals surface area contributed by atoms with Crippen LogP contribution < -0.4 is 5.32 Å². The van der Waals surface area contributed by atoms with Crippen LogP contribution in [0.15, 0.2) is 30.3 Å². The van der Waals surface area contributed by atoms with Crippen LogP contribution in [-0.2, 0) is 11.2 Å². The summed E-state index contributed by atoms with van der Waals surface area (Å²) < 4.78 is 0. The molecule has 0 spiro atoms. The van der Waals surface area contributed by atoms with Gasteiger partial charge in [-0.2, -0.15) is 0 Å². The normalized spacial score (nSPS) is 9.93. The van der Waals surface area contributed by atoms with Crippen molar-refractivity contribution in [3.05, 3.63) is 35.9 Å². The van der Waals surface area contributed by atoms with E-state index < -0.39 is 0 Å². The highest BCUT2D eigenvalue weighted by molar-refractivity contribution is 5.72. The number of carbonyl (C=O) groups is 1. The Hall–Kier alpha value is -1.31. The lowest BCUT2D eigenvalue weighted by Crippen LogP contribution is -2.20. The van der Waals surface area contributed by atoms with E-state index in [2.05, 4.69) is 29.6 Å². The fraction of sp³-hybridized carbons (Fsp3) is 0.462. The van der Waals surface area contributed by atoms with Crippen molar-refractivity contribution in [2.45, 2.75) is 32.6 Å². The Kier molecular flexibility index (Phi) is 5.52. The maximum Gasteiger partial charge on any atom is 0.216 e. The number of rotatable bonds is 6. The maximum absolute atomic E-state index is 10.6. The Morgan fingerprint density at radius 2 is 1.87 bits per heavy atom. The van der Waals surface area contributed by atoms with Gasteiger partial charge in [-0.05, 0) is 24.8 Å². The summed E-state index contributed by atoms with van der Waals surface area (Å²) in [6.45, 7) is 2.37. The Morgan fingerprint density at radius 3 is 2.53 bits per heavy atom. The van der Waals surface area contributed by atoms with E-state index in [9.17, 15) is 4.79 Å². The van der Waals surface area contributed by atoms with Gasteiger partial charge in [0.1, 0.15) is 0 Å². The van der Waals surface area contributed by atoms with Crippen LogP contribution in [-0.4, -0.2) is 12.5 Å². The number of carbonyl (C=O) groups excluding carboxylic acids is 1. The first-order valence-electron chi connectivity index (χ1n) is 5.57. The summed E-state index contributed by atoms with van der Waals surface area (Å²) in [5.74, 6) is 0.0676. The van der Waals surface area contributed by atoms with Crippen molar-refractivity contribution < 1.29 is 4.79 Å². The molecule has 0 heterocycles. The van der Waals surface area contributed by atoms with Crippen LogP contribution in [0.2, 0.25) is 0 Å². The number of hydrogen-bond acceptors (Lipinski definition) is 1. The highest BCUT2D eigenvalue weighted by atomic mass is 16.1. The van der Waals surface area contributed by atoms with E-state index in [0.29, 0.717) is 0 Å². The van der Waals surface area contributed by atoms with Crippen LogP contribution in [0.1, 0.15) is 31.7 Å². The van der Waals surface area contributed by atoms with E-state index in [0.717, 1.165) is 19.4 Å². The molecule has 1 aromatic rings. The van der Waals surface area contributed by atoms with Gasteiger partial charge in [0.25, 0.3) is 0 Å². The number of nitrogens with one attached hydrogen (secondary N) is 1. The molecule has 0 aliphatic heterocycles. The highest BCUT2D eigenvalue weighted by Gasteiger charge is 1.93. The fourth-order valence-corrected chi connectivity index (χ4v) is 1.54. The molecule has 0 saturated heterocycles. The van der Waals surface area contributed by atoms with Crippen molar-refractivity contribution in [2.75, 3.05) is 6.54 Å². The van der Waals surface area contributed by atoms with E-state index in [4.69, 9.17) is 0 Å². The van der Waals surface area contributed by atoms with Crippen LogP contribution in [0, 0.1) is 0 Å². The molecule has 1 aromatic carbocycles. The van der Waals surface area contributed by atoms with E-state index in [1.54, 1.807) is 6.92 Å². The summed E-state index contributed by atoms with van der Waals surface area (Å²) in [6, 6.07) is 10.5. The van der Waals surface area contributed by atoms with Crippen LogP contribution in [0.3, 0.4) is 0 Å². The molecule has 1 rings (SSSR count). The van der Waals surface area contributed by atoms with E-state index in [1.165, 1.54) is 18.4 Å². The molecular formula is C13H19NO. The molecule has 0 unspecified atom stereocenters. The second kappa shape index (κ2) is 7.04. The fourth-order valence-electron chi connectivity index (χ4n) is 1.54. The molecule has 2 nitrogen and oxygen atoms in total. The molecule has 1 amide bonds. The average molecular weight is 205 g/mol. The molecular weight excluding hydrogens is 186 g/mol. The van der Waals surface area contributed by atoms with Crippen LogP contribution in [0.4, 0.5) is 0 Å². The zero-order chi connectivity index (χ0) is 10.9. The summed E-state index contributed by atoms with van der Waals surface area (Å²) >= 11 is 0. The molecule has 0 saturated carbocycles. The highest BCUT2D eigenvalue weighted by Crippen LogP contribution is 2.05. The van der Waals surface area contributed by atoms with Crippen LogP contribution >= 0.6 is 0 Å². The standard InChI is InChI=1S/C13H19NO/c1-12(15)14-11-7-3-6-10-13-8-4-2-5-9-13/h2,4-5,8-9H,3,6-7,10-11H2,1H3,(H,14,15). The lowest BCUT2D eigenvalue weighted by atomic mass is 10.1. The van der Waals surface area contributed by atoms with E-state index >= 15 is 0 Å². The minimum absolute atomic E-state index is 0.0676. The third-order valence-corrected chi connectivity index (χ3v) is 2.36. The quantitative estimate of drug-likeness (QED) is 0.710. The van der Waals surface area contributed by atoms with Gasteiger partial charge >= 0.3 is 0 Å². The third-order valence-electron chi connectivity index (χ3n) is 2.36. The maximum atomic E-state index is 10.6. The summed E-state index contributed by atoms with van der Waals surface area (Å²) in [7, 11) is 0. The average Bonchev–Trinajstić information content (AvgIpc) is 2.24. The van der Waals surface area contributed by atoms with Gasteiger partial charge in [0.2, 0.25) is 5.91 Å². The summed E-state index contributed by atoms with van der Waals surface area (Å²) in [5, 5.41) is 2.81. The molecule has 82 valence electrons. The van der Waals surface area contributed by atoms with Gasteiger partial charge in [-0.1, -0.05) is 36.8 Å². The van der Waals surface area contributed by atoms with Crippen molar-refractivity contribution in [1.29, 1.82) is 0 Å². The molecule has 2 heteroatoms. The monoisotopic (exact) mass is 205 g/mol. The third kappa shape index (κ3) is 5.89. The largest absolute Gasteiger partial charge is 0.356 e. The van der Waals surface area contributed by atoms with Gasteiger partial charge in [0.15, 0.2) is 0 Å². The van der Waals surface area contributed by atoms with Crippen molar-refractivity contribution in [2.24, 2.45) is 0 Å². The number of amides is 1. The van der Waals surface area contributed by atoms with E-state index in [-0.39, 0.29) is 5.91 Å². The van der Waals surface area contributed by atoms with Gasteiger partial charge in [-0.15, -0.1) is 0 Å². The van der Waals surface area contributed by atoms with Gasteiger partial charge < -0.3 is 5.32 Å². The van der Waals surface area contributed by atoms with Gasteiger partial charge in [0.05, 0.1) is 0 Å². The number of aryl methyl sites for hydroxylation is 1. The number of hydrogen-bond donors (Lipinski definition) is 1. The predicted octanol–water partition coefficient (Wildman–Crippen LogP) is 2.54. The van der Waals surface area contributed by atoms with Gasteiger partial charge in [-0.25, -0.2) is 0 Å². The second-order valence-electron chi connectivity index (χ2n) is 3.78. The molecule has 0 atom stereocenters. The molecule has 0 aliphatic rings. The number of benzene rings is 1. The molecule has 0 aliphatic carbocycles.